The second-order valence-electron chi connectivity index (χ2n) is 6.90. The number of rotatable bonds is 3. The lowest BCUT2D eigenvalue weighted by Crippen LogP contribution is -2.31. The second kappa shape index (κ2) is 6.30. The summed E-state index contributed by atoms with van der Waals surface area (Å²) >= 11 is 1.68. The van der Waals surface area contributed by atoms with E-state index in [9.17, 15) is 4.79 Å². The van der Waals surface area contributed by atoms with Crippen LogP contribution in [-0.4, -0.2) is 27.8 Å². The lowest BCUT2D eigenvalue weighted by Gasteiger charge is -2.24. The Morgan fingerprint density at radius 1 is 1.20 bits per heavy atom. The smallest absolute Gasteiger partial charge is 0.270 e. The van der Waals surface area contributed by atoms with E-state index in [2.05, 4.69) is 42.9 Å². The summed E-state index contributed by atoms with van der Waals surface area (Å²) in [5.41, 5.74) is 6.09. The highest BCUT2D eigenvalue weighted by Gasteiger charge is 2.25. The minimum absolute atomic E-state index is 0.00306. The number of H-pyrrole nitrogens is 1. The predicted octanol–water partition coefficient (Wildman–Crippen LogP) is 5.00. The van der Waals surface area contributed by atoms with Crippen LogP contribution < -0.4 is 0 Å². The maximum atomic E-state index is 13.1. The summed E-state index contributed by atoms with van der Waals surface area (Å²) in [5, 5.41) is 2.16. The van der Waals surface area contributed by atoms with Gasteiger partial charge in [-0.05, 0) is 58.7 Å². The first kappa shape index (κ1) is 17.7. The van der Waals surface area contributed by atoms with Crippen LogP contribution in [0.2, 0.25) is 0 Å². The van der Waals surface area contributed by atoms with E-state index in [0.717, 1.165) is 27.2 Å². The molecule has 2 aromatic heterocycles. The van der Waals surface area contributed by atoms with Crippen LogP contribution in [0.4, 0.5) is 0 Å². The molecule has 5 heteroatoms. The quantitative estimate of drug-likeness (QED) is 0.719. The van der Waals surface area contributed by atoms with Gasteiger partial charge in [-0.15, -0.1) is 11.3 Å². The number of carbonyl (C=O) groups excluding carboxylic acids is 1. The van der Waals surface area contributed by atoms with Crippen LogP contribution in [0.5, 0.6) is 0 Å². The second-order valence-corrected chi connectivity index (χ2v) is 8.30. The van der Waals surface area contributed by atoms with Gasteiger partial charge >= 0.3 is 0 Å². The van der Waals surface area contributed by atoms with Crippen LogP contribution in [0.3, 0.4) is 0 Å². The zero-order valence-corrected chi connectivity index (χ0v) is 16.8. The van der Waals surface area contributed by atoms with E-state index in [4.69, 9.17) is 0 Å². The van der Waals surface area contributed by atoms with E-state index in [1.807, 2.05) is 27.8 Å². The van der Waals surface area contributed by atoms with Crippen molar-refractivity contribution in [2.45, 2.75) is 47.6 Å². The molecule has 25 heavy (non-hydrogen) atoms. The first-order valence-corrected chi connectivity index (χ1v) is 9.33. The Bertz CT molecular complexity index is 967. The summed E-state index contributed by atoms with van der Waals surface area (Å²) in [6.07, 6.45) is 0. The largest absolute Gasteiger partial charge is 0.350 e. The zero-order chi connectivity index (χ0) is 18.5. The first-order valence-electron chi connectivity index (χ1n) is 8.51. The molecule has 1 N–H and O–H groups in total. The Hall–Kier alpha value is -2.14. The van der Waals surface area contributed by atoms with Gasteiger partial charge in [0, 0.05) is 22.8 Å². The Morgan fingerprint density at radius 2 is 1.88 bits per heavy atom. The molecule has 0 aliphatic rings. The van der Waals surface area contributed by atoms with Gasteiger partial charge < -0.3 is 9.88 Å². The van der Waals surface area contributed by atoms with Crippen LogP contribution in [0.15, 0.2) is 12.1 Å². The summed E-state index contributed by atoms with van der Waals surface area (Å²) in [7, 11) is 1.85. The molecule has 0 saturated heterocycles. The van der Waals surface area contributed by atoms with Gasteiger partial charge in [0.05, 0.1) is 16.7 Å². The van der Waals surface area contributed by atoms with Gasteiger partial charge in [-0.25, -0.2) is 4.98 Å². The van der Waals surface area contributed by atoms with Crippen molar-refractivity contribution in [3.8, 4) is 0 Å². The third-order valence-corrected chi connectivity index (χ3v) is 5.86. The van der Waals surface area contributed by atoms with Crippen molar-refractivity contribution in [2.75, 3.05) is 7.05 Å². The van der Waals surface area contributed by atoms with Crippen LogP contribution in [0, 0.1) is 34.6 Å². The van der Waals surface area contributed by atoms with E-state index >= 15 is 0 Å². The van der Waals surface area contributed by atoms with E-state index in [1.165, 1.54) is 16.0 Å². The monoisotopic (exact) mass is 355 g/mol. The van der Waals surface area contributed by atoms with E-state index in [1.54, 1.807) is 16.2 Å². The SMILES string of the molecule is Cc1cc(C)c2[nH]c(C(=O)N(C)[C@H](C)c3nc(C)sc3C)c(C)c2c1. The molecule has 0 spiro atoms. The number of fused-ring (bicyclic) bond motifs is 1. The maximum Gasteiger partial charge on any atom is 0.270 e. The Morgan fingerprint density at radius 3 is 2.48 bits per heavy atom. The molecule has 0 aliphatic carbocycles. The lowest BCUT2D eigenvalue weighted by molar-refractivity contribution is 0.0734. The standard InChI is InChI=1S/C20H25N3OS/c1-10-8-11(2)17-16(9-10)12(3)18(22-17)20(24)23(7)13(4)19-14(5)25-15(6)21-19/h8-9,13,22H,1-7H3/t13-/m1/s1. The number of aromatic nitrogens is 2. The van der Waals surface area contributed by atoms with Crippen LogP contribution in [0.1, 0.15) is 55.7 Å². The number of carbonyl (C=O) groups is 1. The highest BCUT2D eigenvalue weighted by atomic mass is 32.1. The minimum Gasteiger partial charge on any atom is -0.350 e. The fourth-order valence-electron chi connectivity index (χ4n) is 3.46. The van der Waals surface area contributed by atoms with Gasteiger partial charge in [-0.3, -0.25) is 4.79 Å². The summed E-state index contributed by atoms with van der Waals surface area (Å²) in [4.78, 5) is 24.1. The van der Waals surface area contributed by atoms with Gasteiger partial charge in [0.25, 0.3) is 5.91 Å². The zero-order valence-electron chi connectivity index (χ0n) is 15.9. The predicted molar refractivity (Wildman–Crippen MR) is 105 cm³/mol. The number of nitrogens with one attached hydrogen (secondary N) is 1. The minimum atomic E-state index is -0.0638. The summed E-state index contributed by atoms with van der Waals surface area (Å²) < 4.78 is 0. The Balaban J connectivity index is 2.00. The molecule has 132 valence electrons. The van der Waals surface area contributed by atoms with Crippen molar-refractivity contribution in [1.29, 1.82) is 0 Å². The molecule has 0 fully saturated rings. The molecule has 3 rings (SSSR count). The number of benzene rings is 1. The highest BCUT2D eigenvalue weighted by molar-refractivity contribution is 7.11. The number of hydrogen-bond acceptors (Lipinski definition) is 3. The number of hydrogen-bond donors (Lipinski definition) is 1. The van der Waals surface area contributed by atoms with Crippen molar-refractivity contribution >= 4 is 28.1 Å². The average molecular weight is 356 g/mol. The van der Waals surface area contributed by atoms with Crippen molar-refractivity contribution in [3.05, 3.63) is 50.1 Å². The molecular weight excluding hydrogens is 330 g/mol. The molecule has 0 aliphatic heterocycles. The Labute approximate surface area is 152 Å². The number of nitrogens with zero attached hydrogens (tertiary/aromatic N) is 2. The molecule has 4 nitrogen and oxygen atoms in total. The fourth-order valence-corrected chi connectivity index (χ4v) is 4.37. The van der Waals surface area contributed by atoms with Crippen molar-refractivity contribution in [1.82, 2.24) is 14.9 Å². The molecular formula is C20H25N3OS. The fraction of sp³-hybridized carbons (Fsp3) is 0.400. The van der Waals surface area contributed by atoms with Gasteiger partial charge in [0.15, 0.2) is 0 Å². The molecule has 1 amide bonds. The highest BCUT2D eigenvalue weighted by Crippen LogP contribution is 2.30. The third-order valence-electron chi connectivity index (χ3n) is 4.96. The Kier molecular flexibility index (Phi) is 4.45. The number of aromatic amines is 1. The van der Waals surface area contributed by atoms with E-state index in [0.29, 0.717) is 5.69 Å². The normalized spacial score (nSPS) is 12.6. The number of aryl methyl sites for hydroxylation is 5. The van der Waals surface area contributed by atoms with Crippen LogP contribution in [0.25, 0.3) is 10.9 Å². The molecule has 0 saturated carbocycles. The van der Waals surface area contributed by atoms with Crippen molar-refractivity contribution in [2.24, 2.45) is 0 Å². The number of amides is 1. The van der Waals surface area contributed by atoms with E-state index < -0.39 is 0 Å². The topological polar surface area (TPSA) is 49.0 Å². The van der Waals surface area contributed by atoms with Gasteiger partial charge in [-0.1, -0.05) is 11.6 Å². The van der Waals surface area contributed by atoms with Crippen LogP contribution >= 0.6 is 11.3 Å². The molecule has 2 heterocycles. The third kappa shape index (κ3) is 2.97. The van der Waals surface area contributed by atoms with Crippen molar-refractivity contribution < 1.29 is 4.79 Å². The van der Waals surface area contributed by atoms with Crippen LogP contribution in [-0.2, 0) is 0 Å². The average Bonchev–Trinajstić information content (AvgIpc) is 3.05. The molecule has 0 unspecified atom stereocenters. The molecule has 0 bridgehead atoms. The lowest BCUT2D eigenvalue weighted by atomic mass is 10.1. The summed E-state index contributed by atoms with van der Waals surface area (Å²) in [6.45, 7) is 12.3. The number of thiazole rings is 1. The molecule has 3 aromatic rings. The van der Waals surface area contributed by atoms with Gasteiger partial charge in [-0.2, -0.15) is 0 Å². The first-order chi connectivity index (χ1) is 11.7. The molecule has 1 atom stereocenters. The van der Waals surface area contributed by atoms with E-state index in [-0.39, 0.29) is 11.9 Å². The maximum absolute atomic E-state index is 13.1. The molecule has 0 radical (unpaired) electrons. The van der Waals surface area contributed by atoms with Gasteiger partial charge in [0.2, 0.25) is 0 Å². The van der Waals surface area contributed by atoms with Crippen molar-refractivity contribution in [3.63, 3.8) is 0 Å². The molecule has 1 aromatic carbocycles. The summed E-state index contributed by atoms with van der Waals surface area (Å²) in [5.74, 6) is 0.00306. The summed E-state index contributed by atoms with van der Waals surface area (Å²) in [6, 6.07) is 4.22. The van der Waals surface area contributed by atoms with Gasteiger partial charge in [0.1, 0.15) is 5.69 Å².